The molecule has 4 nitrogen and oxygen atoms in total. The van der Waals surface area contributed by atoms with Crippen LogP contribution in [0.4, 0.5) is 17.5 Å². The molecular formula is C14H17IN4. The summed E-state index contributed by atoms with van der Waals surface area (Å²) in [6.45, 7) is 3.88. The Morgan fingerprint density at radius 3 is 2.84 bits per heavy atom. The van der Waals surface area contributed by atoms with Gasteiger partial charge in [-0.25, -0.2) is 4.57 Å². The van der Waals surface area contributed by atoms with Crippen LogP contribution in [0.25, 0.3) is 0 Å². The van der Waals surface area contributed by atoms with Crippen LogP contribution in [-0.2, 0) is 13.0 Å². The van der Waals surface area contributed by atoms with Gasteiger partial charge in [-0.15, -0.1) is 0 Å². The quantitative estimate of drug-likeness (QED) is 0.528. The molecule has 2 N–H and O–H groups in total. The molecule has 0 spiro atoms. The van der Waals surface area contributed by atoms with E-state index in [2.05, 4.69) is 41.1 Å². The highest BCUT2D eigenvalue weighted by Crippen LogP contribution is 2.32. The van der Waals surface area contributed by atoms with Gasteiger partial charge in [0, 0.05) is 18.3 Å². The number of hydrogen-bond acceptors (Lipinski definition) is 3. The van der Waals surface area contributed by atoms with Crippen LogP contribution < -0.4 is 39.2 Å². The molecule has 19 heavy (non-hydrogen) atoms. The number of halogens is 1. The van der Waals surface area contributed by atoms with Gasteiger partial charge in [-0.3, -0.25) is 5.73 Å². The van der Waals surface area contributed by atoms with E-state index in [-0.39, 0.29) is 24.0 Å². The van der Waals surface area contributed by atoms with E-state index in [1.807, 2.05) is 16.8 Å². The average molecular weight is 368 g/mol. The summed E-state index contributed by atoms with van der Waals surface area (Å²) in [5.74, 6) is 1.50. The number of benzene rings is 1. The Morgan fingerprint density at radius 1 is 1.32 bits per heavy atom. The van der Waals surface area contributed by atoms with Crippen molar-refractivity contribution in [1.82, 2.24) is 4.98 Å². The van der Waals surface area contributed by atoms with Crippen LogP contribution in [0.15, 0.2) is 36.5 Å². The molecule has 1 aliphatic rings. The van der Waals surface area contributed by atoms with Gasteiger partial charge in [-0.2, -0.15) is 0 Å². The summed E-state index contributed by atoms with van der Waals surface area (Å²) >= 11 is 0. The third-order valence-electron chi connectivity index (χ3n) is 3.43. The normalized spacial score (nSPS) is 13.0. The number of fused-ring (bicyclic) bond motifs is 1. The zero-order chi connectivity index (χ0) is 12.5. The lowest BCUT2D eigenvalue weighted by atomic mass is 10.2. The van der Waals surface area contributed by atoms with Gasteiger partial charge in [0.2, 0.25) is 5.82 Å². The molecule has 0 bridgehead atoms. The Hall–Kier alpha value is -1.37. The molecule has 1 aliphatic heterocycles. The standard InChI is InChI=1S/C14H16N4.HI/c1-2-17-9-8-13(16-14(17)15)18-10-7-11-5-3-4-6-12(11)18;/h3-6,8-9,15H,2,7,10H2,1H3;1H. The number of aromatic nitrogens is 2. The fourth-order valence-electron chi connectivity index (χ4n) is 2.45. The second-order valence-electron chi connectivity index (χ2n) is 4.46. The molecule has 1 aromatic heterocycles. The van der Waals surface area contributed by atoms with Gasteiger partial charge in [0.05, 0.1) is 12.7 Å². The minimum Gasteiger partial charge on any atom is -1.00 e. The second-order valence-corrected chi connectivity index (χ2v) is 4.46. The number of nitrogen functional groups attached to an aromatic ring is 1. The monoisotopic (exact) mass is 368 g/mol. The lowest BCUT2D eigenvalue weighted by Gasteiger charge is -2.15. The Morgan fingerprint density at radius 2 is 2.11 bits per heavy atom. The minimum atomic E-state index is 0. The number of hydrogen-bond donors (Lipinski definition) is 1. The van der Waals surface area contributed by atoms with Crippen molar-refractivity contribution in [3.8, 4) is 0 Å². The van der Waals surface area contributed by atoms with Gasteiger partial charge >= 0.3 is 5.95 Å². The van der Waals surface area contributed by atoms with Crippen LogP contribution in [0.5, 0.6) is 0 Å². The van der Waals surface area contributed by atoms with Crippen molar-refractivity contribution in [3.05, 3.63) is 42.1 Å². The number of para-hydroxylation sites is 1. The second kappa shape index (κ2) is 5.73. The lowest BCUT2D eigenvalue weighted by Crippen LogP contribution is -3.00. The van der Waals surface area contributed by atoms with E-state index in [1.165, 1.54) is 11.3 Å². The first-order valence-electron chi connectivity index (χ1n) is 6.31. The third kappa shape index (κ3) is 2.51. The minimum absolute atomic E-state index is 0. The first-order chi connectivity index (χ1) is 8.79. The summed E-state index contributed by atoms with van der Waals surface area (Å²) < 4.78 is 1.94. The number of anilines is 3. The van der Waals surface area contributed by atoms with Crippen LogP contribution in [0.2, 0.25) is 0 Å². The highest BCUT2D eigenvalue weighted by molar-refractivity contribution is 5.67. The first kappa shape index (κ1) is 14.0. The summed E-state index contributed by atoms with van der Waals surface area (Å²) in [7, 11) is 0. The first-order valence-corrected chi connectivity index (χ1v) is 6.31. The Kier molecular flexibility index (Phi) is 4.24. The highest BCUT2D eigenvalue weighted by Gasteiger charge is 2.23. The number of nitrogens with two attached hydrogens (primary N) is 1. The van der Waals surface area contributed by atoms with Gasteiger partial charge in [0.25, 0.3) is 0 Å². The van der Waals surface area contributed by atoms with Crippen molar-refractivity contribution in [1.29, 1.82) is 0 Å². The maximum absolute atomic E-state index is 5.94. The number of rotatable bonds is 2. The molecule has 0 fully saturated rings. The zero-order valence-electron chi connectivity index (χ0n) is 10.9. The van der Waals surface area contributed by atoms with E-state index >= 15 is 0 Å². The van der Waals surface area contributed by atoms with Gasteiger partial charge in [0.1, 0.15) is 0 Å². The molecule has 0 amide bonds. The molecule has 0 aliphatic carbocycles. The lowest BCUT2D eigenvalue weighted by molar-refractivity contribution is -0.681. The SMILES string of the molecule is CC[n+]1ccc(N2CCc3ccccc32)nc1N.[I-]. The topological polar surface area (TPSA) is 46.0 Å². The van der Waals surface area contributed by atoms with Crippen LogP contribution >= 0.6 is 0 Å². The van der Waals surface area contributed by atoms with Gasteiger partial charge in [-0.05, 0) is 25.0 Å². The predicted molar refractivity (Wildman–Crippen MR) is 71.7 cm³/mol. The van der Waals surface area contributed by atoms with Crippen molar-refractivity contribution >= 4 is 17.5 Å². The van der Waals surface area contributed by atoms with Crippen molar-refractivity contribution < 1.29 is 28.5 Å². The highest BCUT2D eigenvalue weighted by atomic mass is 127. The predicted octanol–water partition coefficient (Wildman–Crippen LogP) is -1.33. The summed E-state index contributed by atoms with van der Waals surface area (Å²) in [6.07, 6.45) is 3.07. The fraction of sp³-hybridized carbons (Fsp3) is 0.286. The van der Waals surface area contributed by atoms with Crippen LogP contribution in [0.1, 0.15) is 12.5 Å². The van der Waals surface area contributed by atoms with Crippen molar-refractivity contribution in [2.75, 3.05) is 17.2 Å². The van der Waals surface area contributed by atoms with Gasteiger partial charge in [0.15, 0.2) is 0 Å². The third-order valence-corrected chi connectivity index (χ3v) is 3.43. The zero-order valence-corrected chi connectivity index (χ0v) is 13.0. The van der Waals surface area contributed by atoms with E-state index in [0.29, 0.717) is 5.95 Å². The molecule has 5 heteroatoms. The summed E-state index contributed by atoms with van der Waals surface area (Å²) in [5.41, 5.74) is 8.57. The average Bonchev–Trinajstić information content (AvgIpc) is 2.82. The Balaban J connectivity index is 0.00000133. The molecule has 0 atom stereocenters. The van der Waals surface area contributed by atoms with Crippen molar-refractivity contribution in [2.45, 2.75) is 19.9 Å². The molecule has 0 unspecified atom stereocenters. The van der Waals surface area contributed by atoms with E-state index in [9.17, 15) is 0 Å². The van der Waals surface area contributed by atoms with Crippen LogP contribution in [0.3, 0.4) is 0 Å². The smallest absolute Gasteiger partial charge is 0.391 e. The van der Waals surface area contributed by atoms with Crippen molar-refractivity contribution in [3.63, 3.8) is 0 Å². The molecule has 100 valence electrons. The Labute approximate surface area is 130 Å². The molecule has 1 aromatic carbocycles. The van der Waals surface area contributed by atoms with Crippen LogP contribution in [0, 0.1) is 0 Å². The summed E-state index contributed by atoms with van der Waals surface area (Å²) in [6, 6.07) is 10.5. The van der Waals surface area contributed by atoms with Crippen molar-refractivity contribution in [2.24, 2.45) is 0 Å². The van der Waals surface area contributed by atoms with Gasteiger partial charge in [-0.1, -0.05) is 23.2 Å². The summed E-state index contributed by atoms with van der Waals surface area (Å²) in [4.78, 5) is 6.72. The maximum Gasteiger partial charge on any atom is 0.391 e. The van der Waals surface area contributed by atoms with Crippen LogP contribution in [-0.4, -0.2) is 11.5 Å². The van der Waals surface area contributed by atoms with E-state index in [0.717, 1.165) is 25.3 Å². The Bertz CT molecular complexity index is 585. The van der Waals surface area contributed by atoms with E-state index in [1.54, 1.807) is 0 Å². The maximum atomic E-state index is 5.94. The largest absolute Gasteiger partial charge is 1.00 e. The van der Waals surface area contributed by atoms with E-state index < -0.39 is 0 Å². The molecule has 2 aromatic rings. The fourth-order valence-corrected chi connectivity index (χ4v) is 2.45. The molecule has 3 rings (SSSR count). The molecule has 0 saturated heterocycles. The molecule has 0 radical (unpaired) electrons. The number of aryl methyl sites for hydroxylation is 1. The van der Waals surface area contributed by atoms with E-state index in [4.69, 9.17) is 5.73 Å². The molecular weight excluding hydrogens is 351 g/mol. The number of nitrogens with zero attached hydrogens (tertiary/aromatic N) is 3. The van der Waals surface area contributed by atoms with Gasteiger partial charge < -0.3 is 28.9 Å². The molecule has 0 saturated carbocycles. The summed E-state index contributed by atoms with van der Waals surface area (Å²) in [5, 5.41) is 0. The molecule has 2 heterocycles.